The van der Waals surface area contributed by atoms with Crippen LogP contribution >= 0.6 is 0 Å². The first-order chi connectivity index (χ1) is 11.1. The number of rotatable bonds is 5. The van der Waals surface area contributed by atoms with Gasteiger partial charge >= 0.3 is 0 Å². The first-order valence-corrected chi connectivity index (χ1v) is 8.36. The van der Waals surface area contributed by atoms with Crippen LogP contribution in [0.1, 0.15) is 50.0 Å². The third-order valence-corrected chi connectivity index (χ3v) is 4.50. The largest absolute Gasteiger partial charge is 0.341 e. The first-order valence-electron chi connectivity index (χ1n) is 8.36. The van der Waals surface area contributed by atoms with Crippen LogP contribution in [0.4, 0.5) is 0 Å². The molecule has 1 atom stereocenters. The molecule has 0 N–H and O–H groups in total. The van der Waals surface area contributed by atoms with Crippen molar-refractivity contribution >= 4 is 5.91 Å². The summed E-state index contributed by atoms with van der Waals surface area (Å²) in [7, 11) is 0. The normalized spacial score (nSPS) is 17.9. The summed E-state index contributed by atoms with van der Waals surface area (Å²) in [6.45, 7) is 5.84. The molecule has 0 aliphatic carbocycles. The van der Waals surface area contributed by atoms with Gasteiger partial charge in [0.1, 0.15) is 12.2 Å². The predicted molar refractivity (Wildman–Crippen MR) is 89.1 cm³/mol. The van der Waals surface area contributed by atoms with E-state index in [0.29, 0.717) is 18.4 Å². The molecule has 1 saturated heterocycles. The average Bonchev–Trinajstić information content (AvgIpc) is 3.22. The molecule has 1 aromatic heterocycles. The molecule has 2 heterocycles. The molecule has 1 unspecified atom stereocenters. The fraction of sp³-hybridized carbons (Fsp3) is 0.500. The van der Waals surface area contributed by atoms with E-state index in [1.165, 1.54) is 5.56 Å². The second-order valence-electron chi connectivity index (χ2n) is 6.52. The lowest BCUT2D eigenvalue weighted by molar-refractivity contribution is -0.130. The average molecular weight is 312 g/mol. The summed E-state index contributed by atoms with van der Waals surface area (Å²) in [5.41, 5.74) is 1.22. The molecule has 0 spiro atoms. The van der Waals surface area contributed by atoms with Gasteiger partial charge in [-0.2, -0.15) is 0 Å². The van der Waals surface area contributed by atoms with Crippen molar-refractivity contribution in [2.24, 2.45) is 0 Å². The van der Waals surface area contributed by atoms with Crippen LogP contribution in [0, 0.1) is 0 Å². The molecular weight excluding hydrogens is 288 g/mol. The van der Waals surface area contributed by atoms with Crippen LogP contribution < -0.4 is 0 Å². The maximum absolute atomic E-state index is 12.4. The Morgan fingerprint density at radius 2 is 2.09 bits per heavy atom. The molecule has 1 aliphatic heterocycles. The molecule has 1 amide bonds. The van der Waals surface area contributed by atoms with E-state index in [-0.39, 0.29) is 5.91 Å². The monoisotopic (exact) mass is 312 g/mol. The maximum atomic E-state index is 12.4. The summed E-state index contributed by atoms with van der Waals surface area (Å²) in [6, 6.07) is 10.5. The highest BCUT2D eigenvalue weighted by Gasteiger charge is 2.28. The van der Waals surface area contributed by atoms with Gasteiger partial charge in [-0.15, -0.1) is 10.2 Å². The molecule has 122 valence electrons. The Hall–Kier alpha value is -2.17. The van der Waals surface area contributed by atoms with Crippen LogP contribution in [-0.2, 0) is 11.2 Å². The van der Waals surface area contributed by atoms with Gasteiger partial charge in [0.15, 0.2) is 0 Å². The van der Waals surface area contributed by atoms with E-state index in [1.807, 2.05) is 23.1 Å². The fourth-order valence-electron chi connectivity index (χ4n) is 3.20. The third kappa shape index (κ3) is 3.60. The van der Waals surface area contributed by atoms with E-state index in [9.17, 15) is 4.79 Å². The predicted octanol–water partition coefficient (Wildman–Crippen LogP) is 2.81. The van der Waals surface area contributed by atoms with Gasteiger partial charge in [-0.1, -0.05) is 44.2 Å². The summed E-state index contributed by atoms with van der Waals surface area (Å²) in [5.74, 6) is 1.60. The Morgan fingerprint density at radius 1 is 1.30 bits per heavy atom. The van der Waals surface area contributed by atoms with Crippen molar-refractivity contribution in [1.29, 1.82) is 0 Å². The van der Waals surface area contributed by atoms with Crippen molar-refractivity contribution in [2.75, 3.05) is 13.1 Å². The van der Waals surface area contributed by atoms with Crippen LogP contribution in [0.3, 0.4) is 0 Å². The van der Waals surface area contributed by atoms with Gasteiger partial charge in [0.2, 0.25) is 5.91 Å². The minimum Gasteiger partial charge on any atom is -0.341 e. The van der Waals surface area contributed by atoms with Crippen molar-refractivity contribution in [3.63, 3.8) is 0 Å². The summed E-state index contributed by atoms with van der Waals surface area (Å²) in [5, 5.41) is 8.26. The van der Waals surface area contributed by atoms with E-state index >= 15 is 0 Å². The zero-order chi connectivity index (χ0) is 16.2. The van der Waals surface area contributed by atoms with Gasteiger partial charge in [0.25, 0.3) is 0 Å². The van der Waals surface area contributed by atoms with Crippen LogP contribution in [0.25, 0.3) is 0 Å². The molecule has 2 aromatic rings. The molecule has 5 heteroatoms. The topological polar surface area (TPSA) is 51.0 Å². The zero-order valence-electron chi connectivity index (χ0n) is 13.9. The van der Waals surface area contributed by atoms with Crippen LogP contribution in [0.5, 0.6) is 0 Å². The summed E-state index contributed by atoms with van der Waals surface area (Å²) in [6.07, 6.45) is 4.17. The van der Waals surface area contributed by atoms with Crippen molar-refractivity contribution in [1.82, 2.24) is 19.7 Å². The molecule has 1 aromatic carbocycles. The van der Waals surface area contributed by atoms with E-state index < -0.39 is 0 Å². The molecule has 0 bridgehead atoms. The quantitative estimate of drug-likeness (QED) is 0.853. The highest BCUT2D eigenvalue weighted by molar-refractivity contribution is 5.76. The molecular formula is C18H24N4O. The van der Waals surface area contributed by atoms with Crippen molar-refractivity contribution in [2.45, 2.75) is 45.1 Å². The summed E-state index contributed by atoms with van der Waals surface area (Å²) < 4.78 is 2.15. The Balaban J connectivity index is 1.57. The number of likely N-dealkylation sites (tertiary alicyclic amines) is 1. The van der Waals surface area contributed by atoms with Crippen molar-refractivity contribution in [3.05, 3.63) is 48.0 Å². The number of carbonyl (C=O) groups excluding carboxylic acids is 1. The van der Waals surface area contributed by atoms with Crippen molar-refractivity contribution < 1.29 is 4.79 Å². The van der Waals surface area contributed by atoms with Crippen molar-refractivity contribution in [3.8, 4) is 0 Å². The number of aryl methyl sites for hydroxylation is 1. The molecule has 23 heavy (non-hydrogen) atoms. The third-order valence-electron chi connectivity index (χ3n) is 4.50. The number of amides is 1. The lowest BCUT2D eigenvalue weighted by atomic mass is 10.1. The number of carbonyl (C=O) groups is 1. The van der Waals surface area contributed by atoms with Crippen LogP contribution in [0.15, 0.2) is 36.7 Å². The molecule has 3 rings (SSSR count). The lowest BCUT2D eigenvalue weighted by Gasteiger charge is -2.18. The summed E-state index contributed by atoms with van der Waals surface area (Å²) >= 11 is 0. The minimum atomic E-state index is 0.246. The smallest absolute Gasteiger partial charge is 0.222 e. The molecule has 1 aliphatic rings. The number of hydrogen-bond acceptors (Lipinski definition) is 3. The lowest BCUT2D eigenvalue weighted by Crippen LogP contribution is -2.29. The highest BCUT2D eigenvalue weighted by Crippen LogP contribution is 2.25. The first kappa shape index (κ1) is 15.7. The Bertz CT molecular complexity index is 650. The van der Waals surface area contributed by atoms with E-state index in [4.69, 9.17) is 0 Å². The second kappa shape index (κ2) is 6.94. The maximum Gasteiger partial charge on any atom is 0.222 e. The van der Waals surface area contributed by atoms with Gasteiger partial charge < -0.3 is 9.47 Å². The van der Waals surface area contributed by atoms with Crippen LogP contribution in [0.2, 0.25) is 0 Å². The molecule has 0 saturated carbocycles. The fourth-order valence-corrected chi connectivity index (χ4v) is 3.20. The van der Waals surface area contributed by atoms with Gasteiger partial charge in [-0.3, -0.25) is 4.79 Å². The Kier molecular flexibility index (Phi) is 4.74. The molecule has 5 nitrogen and oxygen atoms in total. The SMILES string of the molecule is CC(C)c1nncn1C1CCN(C(=O)CCc2ccccc2)C1. The zero-order valence-corrected chi connectivity index (χ0v) is 13.9. The highest BCUT2D eigenvalue weighted by atomic mass is 16.2. The standard InChI is InChI=1S/C18H24N4O/c1-14(2)18-20-19-13-22(18)16-10-11-21(12-16)17(23)9-8-15-6-4-3-5-7-15/h3-7,13-14,16H,8-12H2,1-2H3. The number of benzene rings is 1. The summed E-state index contributed by atoms with van der Waals surface area (Å²) in [4.78, 5) is 14.4. The van der Waals surface area contributed by atoms with E-state index in [1.54, 1.807) is 6.33 Å². The van der Waals surface area contributed by atoms with Gasteiger partial charge in [-0.25, -0.2) is 0 Å². The van der Waals surface area contributed by atoms with Gasteiger partial charge in [0.05, 0.1) is 6.04 Å². The second-order valence-corrected chi connectivity index (χ2v) is 6.52. The Morgan fingerprint density at radius 3 is 2.83 bits per heavy atom. The molecule has 1 fully saturated rings. The minimum absolute atomic E-state index is 0.246. The number of hydrogen-bond donors (Lipinski definition) is 0. The van der Waals surface area contributed by atoms with E-state index in [0.717, 1.165) is 31.8 Å². The van der Waals surface area contributed by atoms with Crippen LogP contribution in [-0.4, -0.2) is 38.7 Å². The molecule has 0 radical (unpaired) electrons. The number of nitrogens with zero attached hydrogens (tertiary/aromatic N) is 4. The van der Waals surface area contributed by atoms with Gasteiger partial charge in [0, 0.05) is 25.4 Å². The van der Waals surface area contributed by atoms with E-state index in [2.05, 4.69) is 40.7 Å². The number of aromatic nitrogens is 3. The van der Waals surface area contributed by atoms with Gasteiger partial charge in [-0.05, 0) is 18.4 Å². The Labute approximate surface area is 137 Å².